The number of aromatic nitrogens is 1. The lowest BCUT2D eigenvalue weighted by atomic mass is 9.96. The van der Waals surface area contributed by atoms with Gasteiger partial charge in [-0.1, -0.05) is 6.08 Å². The summed E-state index contributed by atoms with van der Waals surface area (Å²) in [5, 5.41) is 9.52. The maximum absolute atomic E-state index is 11.3. The van der Waals surface area contributed by atoms with Crippen molar-refractivity contribution < 1.29 is 9.90 Å². The molecule has 2 rings (SSSR count). The minimum atomic E-state index is -0.827. The lowest BCUT2D eigenvalue weighted by Crippen LogP contribution is -2.18. The molecule has 1 heterocycles. The molecule has 0 aromatic carbocycles. The van der Waals surface area contributed by atoms with Crippen LogP contribution in [0.2, 0.25) is 0 Å². The maximum atomic E-state index is 11.3. The molecule has 0 saturated heterocycles. The smallest absolute Gasteiger partial charge is 0.336 e. The molecule has 0 fully saturated rings. The molecule has 0 amide bonds. The molecule has 0 saturated carbocycles. The third-order valence-electron chi connectivity index (χ3n) is 3.15. The molecule has 1 aromatic heterocycles. The summed E-state index contributed by atoms with van der Waals surface area (Å²) in [4.78, 5) is 11.3. The Labute approximate surface area is 106 Å². The Kier molecular flexibility index (Phi) is 3.33. The second-order valence-electron chi connectivity index (χ2n) is 4.54. The fraction of sp³-hybridized carbons (Fsp3) is 0.462. The van der Waals surface area contributed by atoms with Crippen LogP contribution in [0.3, 0.4) is 0 Å². The van der Waals surface area contributed by atoms with Gasteiger partial charge in [0.2, 0.25) is 0 Å². The highest BCUT2D eigenvalue weighted by Crippen LogP contribution is 2.33. The van der Waals surface area contributed by atoms with E-state index in [1.165, 1.54) is 0 Å². The summed E-state index contributed by atoms with van der Waals surface area (Å²) in [6.07, 6.45) is 6.81. The van der Waals surface area contributed by atoms with E-state index in [1.54, 1.807) is 11.8 Å². The van der Waals surface area contributed by atoms with E-state index in [9.17, 15) is 9.90 Å². The van der Waals surface area contributed by atoms with Gasteiger partial charge in [-0.3, -0.25) is 0 Å². The third-order valence-corrected chi connectivity index (χ3v) is 4.06. The van der Waals surface area contributed by atoms with Gasteiger partial charge < -0.3 is 9.67 Å². The molecule has 0 bridgehead atoms. The molecule has 0 radical (unpaired) electrons. The van der Waals surface area contributed by atoms with Crippen LogP contribution in [0.4, 0.5) is 0 Å². The van der Waals surface area contributed by atoms with Crippen LogP contribution in [0.25, 0.3) is 5.57 Å². The molecule has 1 aromatic rings. The molecule has 3 nitrogen and oxygen atoms in total. The van der Waals surface area contributed by atoms with Gasteiger partial charge in [0, 0.05) is 35.2 Å². The summed E-state index contributed by atoms with van der Waals surface area (Å²) >= 11 is 1.70. The number of rotatable bonds is 3. The summed E-state index contributed by atoms with van der Waals surface area (Å²) in [7, 11) is 0. The highest BCUT2D eigenvalue weighted by molar-refractivity contribution is 7.99. The van der Waals surface area contributed by atoms with Crippen LogP contribution in [0.15, 0.2) is 18.3 Å². The van der Waals surface area contributed by atoms with Gasteiger partial charge in [0.25, 0.3) is 0 Å². The second kappa shape index (κ2) is 4.61. The number of hydrogen-bond acceptors (Lipinski definition) is 2. The first-order valence-corrected chi connectivity index (χ1v) is 7.01. The van der Waals surface area contributed by atoms with Crippen LogP contribution in [0.5, 0.6) is 0 Å². The number of thioether (sulfide) groups is 1. The van der Waals surface area contributed by atoms with Crippen LogP contribution < -0.4 is 0 Å². The molecule has 92 valence electrons. The molecule has 1 aliphatic rings. The van der Waals surface area contributed by atoms with Crippen molar-refractivity contribution in [2.24, 2.45) is 0 Å². The van der Waals surface area contributed by atoms with Crippen molar-refractivity contribution in [1.29, 1.82) is 0 Å². The molecule has 1 aliphatic carbocycles. The summed E-state index contributed by atoms with van der Waals surface area (Å²) in [5.74, 6) is -0.827. The van der Waals surface area contributed by atoms with Crippen molar-refractivity contribution in [3.8, 4) is 0 Å². The zero-order valence-corrected chi connectivity index (χ0v) is 11.1. The second-order valence-corrected chi connectivity index (χ2v) is 5.62. The Balaban J connectivity index is 2.51. The SMILES string of the molecule is CSC1C=C(C(=O)O)c2ccn(C(C)C)c2C1. The van der Waals surface area contributed by atoms with E-state index in [1.807, 2.05) is 24.6 Å². The average molecular weight is 251 g/mol. The van der Waals surface area contributed by atoms with Crippen LogP contribution in [-0.2, 0) is 11.2 Å². The molecule has 4 heteroatoms. The van der Waals surface area contributed by atoms with Gasteiger partial charge in [0.05, 0.1) is 5.57 Å². The first-order chi connectivity index (χ1) is 8.04. The van der Waals surface area contributed by atoms with Gasteiger partial charge in [-0.25, -0.2) is 4.79 Å². The molecular formula is C13H17NO2S. The largest absolute Gasteiger partial charge is 0.478 e. The monoisotopic (exact) mass is 251 g/mol. The normalized spacial score (nSPS) is 19.1. The zero-order chi connectivity index (χ0) is 12.6. The molecule has 1 N–H and O–H groups in total. The van der Waals surface area contributed by atoms with Gasteiger partial charge in [-0.15, -0.1) is 0 Å². The van der Waals surface area contributed by atoms with Crippen molar-refractivity contribution in [2.45, 2.75) is 31.6 Å². The number of nitrogens with zero attached hydrogens (tertiary/aromatic N) is 1. The van der Waals surface area contributed by atoms with E-state index < -0.39 is 5.97 Å². The number of carbonyl (C=O) groups is 1. The summed E-state index contributed by atoms with van der Waals surface area (Å²) < 4.78 is 2.18. The number of carboxylic acid groups (broad SMARTS) is 1. The number of fused-ring (bicyclic) bond motifs is 1. The van der Waals surface area contributed by atoms with Gasteiger partial charge in [0.15, 0.2) is 0 Å². The van der Waals surface area contributed by atoms with E-state index in [0.717, 1.165) is 17.7 Å². The van der Waals surface area contributed by atoms with E-state index >= 15 is 0 Å². The minimum absolute atomic E-state index is 0.265. The molecule has 0 aliphatic heterocycles. The fourth-order valence-corrected chi connectivity index (χ4v) is 2.88. The fourth-order valence-electron chi connectivity index (χ4n) is 2.29. The number of hydrogen-bond donors (Lipinski definition) is 1. The maximum Gasteiger partial charge on any atom is 0.336 e. The summed E-state index contributed by atoms with van der Waals surface area (Å²) in [6.45, 7) is 4.24. The van der Waals surface area contributed by atoms with Crippen LogP contribution in [0, 0.1) is 0 Å². The number of aliphatic carboxylic acids is 1. The van der Waals surface area contributed by atoms with Crippen molar-refractivity contribution in [2.75, 3.05) is 6.26 Å². The van der Waals surface area contributed by atoms with Crippen molar-refractivity contribution in [3.63, 3.8) is 0 Å². The third kappa shape index (κ3) is 2.14. The summed E-state index contributed by atoms with van der Waals surface area (Å²) in [5.41, 5.74) is 2.49. The highest BCUT2D eigenvalue weighted by atomic mass is 32.2. The Morgan fingerprint density at radius 2 is 2.29 bits per heavy atom. The van der Waals surface area contributed by atoms with Crippen molar-refractivity contribution >= 4 is 23.3 Å². The Bertz CT molecular complexity index is 474. The van der Waals surface area contributed by atoms with Crippen LogP contribution in [-0.4, -0.2) is 27.1 Å². The van der Waals surface area contributed by atoms with E-state index in [2.05, 4.69) is 18.4 Å². The van der Waals surface area contributed by atoms with Gasteiger partial charge in [-0.05, 0) is 26.2 Å². The van der Waals surface area contributed by atoms with Crippen LogP contribution >= 0.6 is 11.8 Å². The Hall–Kier alpha value is -1.16. The Morgan fingerprint density at radius 3 is 2.82 bits per heavy atom. The zero-order valence-electron chi connectivity index (χ0n) is 10.3. The van der Waals surface area contributed by atoms with E-state index in [0.29, 0.717) is 11.6 Å². The van der Waals surface area contributed by atoms with Crippen LogP contribution in [0.1, 0.15) is 31.1 Å². The molecule has 17 heavy (non-hydrogen) atoms. The number of carboxylic acids is 1. The first-order valence-electron chi connectivity index (χ1n) is 5.72. The predicted molar refractivity (Wildman–Crippen MR) is 71.4 cm³/mol. The molecular weight excluding hydrogens is 234 g/mol. The average Bonchev–Trinajstić information content (AvgIpc) is 2.70. The molecule has 1 unspecified atom stereocenters. The van der Waals surface area contributed by atoms with Crippen molar-refractivity contribution in [3.05, 3.63) is 29.6 Å². The first kappa shape index (κ1) is 12.3. The van der Waals surface area contributed by atoms with E-state index in [4.69, 9.17) is 0 Å². The van der Waals surface area contributed by atoms with Gasteiger partial charge in [0.1, 0.15) is 0 Å². The minimum Gasteiger partial charge on any atom is -0.478 e. The summed E-state index contributed by atoms with van der Waals surface area (Å²) in [6, 6.07) is 2.29. The highest BCUT2D eigenvalue weighted by Gasteiger charge is 2.26. The van der Waals surface area contributed by atoms with Crippen molar-refractivity contribution in [1.82, 2.24) is 4.57 Å². The topological polar surface area (TPSA) is 42.2 Å². The standard InChI is InChI=1S/C13H17NO2S/c1-8(2)14-5-4-10-11(13(15)16)6-9(17-3)7-12(10)14/h4-6,8-9H,7H2,1-3H3,(H,15,16). The van der Waals surface area contributed by atoms with Gasteiger partial charge in [-0.2, -0.15) is 11.8 Å². The lowest BCUT2D eigenvalue weighted by Gasteiger charge is -2.22. The quantitative estimate of drug-likeness (QED) is 0.898. The molecule has 1 atom stereocenters. The predicted octanol–water partition coefficient (Wildman–Crippen LogP) is 2.82. The Morgan fingerprint density at radius 1 is 1.59 bits per heavy atom. The molecule has 0 spiro atoms. The van der Waals surface area contributed by atoms with Gasteiger partial charge >= 0.3 is 5.97 Å². The van der Waals surface area contributed by atoms with E-state index in [-0.39, 0.29) is 5.25 Å². The lowest BCUT2D eigenvalue weighted by molar-refractivity contribution is -0.130.